The van der Waals surface area contributed by atoms with E-state index in [1.807, 2.05) is 84.9 Å². The fourth-order valence-corrected chi connectivity index (χ4v) is 14.5. The Kier molecular flexibility index (Phi) is 37.8. The van der Waals surface area contributed by atoms with E-state index >= 15 is 0 Å². The van der Waals surface area contributed by atoms with Crippen molar-refractivity contribution in [2.75, 3.05) is 78.5 Å². The van der Waals surface area contributed by atoms with Crippen LogP contribution >= 0.6 is 50.7 Å². The summed E-state index contributed by atoms with van der Waals surface area (Å²) in [6.45, 7) is 10.2. The van der Waals surface area contributed by atoms with Crippen LogP contribution in [0.4, 0.5) is 13.2 Å². The maximum Gasteiger partial charge on any atom is 0.271 e. The van der Waals surface area contributed by atoms with E-state index in [2.05, 4.69) is 108 Å². The molecule has 750 valence electrons. The van der Waals surface area contributed by atoms with Gasteiger partial charge in [-0.2, -0.15) is 4.39 Å². The van der Waals surface area contributed by atoms with Gasteiger partial charge in [0.2, 0.25) is 41.1 Å². The molecule has 18 rings (SSSR count). The van der Waals surface area contributed by atoms with E-state index in [1.165, 1.54) is 48.7 Å². The number of ether oxygens (including phenoxy) is 6. The lowest BCUT2D eigenvalue weighted by Gasteiger charge is -2.15. The number of guanidine groups is 6. The number of rotatable bonds is 30. The Bertz CT molecular complexity index is 6320. The van der Waals surface area contributed by atoms with Crippen LogP contribution in [0.5, 0.6) is 69.8 Å². The Morgan fingerprint density at radius 1 is 0.303 bits per heavy atom. The molecule has 48 nitrogen and oxygen atoms in total. The molecule has 55 heteroatoms. The topological polar surface area (TPSA) is 557 Å². The smallest absolute Gasteiger partial charge is 0.271 e. The number of pyridine rings is 6. The zero-order valence-electron chi connectivity index (χ0n) is 75.6. The van der Waals surface area contributed by atoms with Crippen molar-refractivity contribution in [3.8, 4) is 69.8 Å². The van der Waals surface area contributed by atoms with E-state index in [9.17, 15) is 73.9 Å². The summed E-state index contributed by atoms with van der Waals surface area (Å²) in [4.78, 5) is 98.9. The van der Waals surface area contributed by atoms with Gasteiger partial charge in [0, 0.05) is 206 Å². The summed E-state index contributed by atoms with van der Waals surface area (Å²) >= 11 is 21.1. The zero-order chi connectivity index (χ0) is 103. The van der Waals surface area contributed by atoms with Crippen molar-refractivity contribution >= 4 is 86.5 Å². The summed E-state index contributed by atoms with van der Waals surface area (Å²) in [5.41, 5.74) is 5.23. The second-order valence-corrected chi connectivity index (χ2v) is 32.7. The molecule has 6 fully saturated rings. The first-order chi connectivity index (χ1) is 70.0. The van der Waals surface area contributed by atoms with Crippen LogP contribution in [-0.4, -0.2) is 204 Å². The molecule has 0 atom stereocenters. The van der Waals surface area contributed by atoms with E-state index in [0.29, 0.717) is 185 Å². The Hall–Kier alpha value is -17.8. The number of benzene rings is 6. The maximum atomic E-state index is 13.6. The lowest BCUT2D eigenvalue weighted by molar-refractivity contribution is -0.485. The number of hydrazone groups is 6. The molecule has 0 radical (unpaired) electrons. The molecule has 0 bridgehead atoms. The lowest BCUT2D eigenvalue weighted by atomic mass is 10.2. The SMILES string of the molecule is O=[N+]([O-])/N=C1\NCCN1Cc1ccc(Oc2ccc(Br)cc2)nc1.O=[N+]([O-])/N=C1\NCCN1Cc1ccc(Oc2ccc(Cl)cc2)nc1.O=[N+]([O-])/N=C1\NCCN1Cc1ccc(Oc2ccc(Cl)cc2Cl)nc1.O=[N+]([O-])/N=C1\NCCN1Cc1ccc(Oc2ccc(F)cc2)nc1.O=[N+]([O-])/N=C1\NCCN1Cc1ccc(Oc2cccc(F)c2F)nc1.O=[N+]([O-])/N=C1\NCCN1Cc1ccc(Oc2ccccc2)nc1. The highest BCUT2D eigenvalue weighted by atomic mass is 79.9. The third-order valence-electron chi connectivity index (χ3n) is 20.2. The van der Waals surface area contributed by atoms with E-state index in [1.54, 1.807) is 139 Å². The first kappa shape index (κ1) is 105. The first-order valence-electron chi connectivity index (χ1n) is 43.3. The predicted octanol–water partition coefficient (Wildman–Crippen LogP) is 14.1. The normalized spacial score (nSPS) is 15.4. The average molecular weight is 2120 g/mol. The van der Waals surface area contributed by atoms with Crippen molar-refractivity contribution in [2.24, 2.45) is 30.6 Å². The minimum absolute atomic E-state index is 0.104. The van der Waals surface area contributed by atoms with Gasteiger partial charge < -0.3 is 89.7 Å². The minimum atomic E-state index is -1.09. The van der Waals surface area contributed by atoms with Gasteiger partial charge in [-0.1, -0.05) is 111 Å². The largest absolute Gasteiger partial charge is 0.439 e. The lowest BCUT2D eigenvalue weighted by Crippen LogP contribution is -2.30. The number of halogens is 7. The molecule has 12 heterocycles. The van der Waals surface area contributed by atoms with Gasteiger partial charge in [0.25, 0.3) is 35.8 Å². The summed E-state index contributed by atoms with van der Waals surface area (Å²) in [6, 6.07) is 59.2. The third-order valence-corrected chi connectivity index (χ3v) is 21.5. The van der Waals surface area contributed by atoms with E-state index < -0.39 is 41.8 Å². The molecule has 6 aliphatic rings. The van der Waals surface area contributed by atoms with Crippen LogP contribution in [0.2, 0.25) is 15.1 Å². The maximum absolute atomic E-state index is 13.6. The third kappa shape index (κ3) is 34.0. The van der Waals surface area contributed by atoms with Crippen molar-refractivity contribution in [1.29, 1.82) is 0 Å². The summed E-state index contributed by atoms with van der Waals surface area (Å²) in [5, 5.41) is 97.4. The van der Waals surface area contributed by atoms with E-state index in [-0.39, 0.29) is 53.2 Å². The molecule has 145 heavy (non-hydrogen) atoms. The molecular weight excluding hydrogens is 2030 g/mol. The number of nitrogens with zero attached hydrogens (tertiary/aromatic N) is 24. The second kappa shape index (κ2) is 52.4. The predicted molar refractivity (Wildman–Crippen MR) is 524 cm³/mol. The van der Waals surface area contributed by atoms with Gasteiger partial charge >= 0.3 is 0 Å². The number of nitrogens with one attached hydrogen (secondary N) is 6. The summed E-state index contributed by atoms with van der Waals surface area (Å²) in [6.07, 6.45) is 9.82. The molecule has 6 N–H and O–H groups in total. The molecule has 0 spiro atoms. The molecule has 0 saturated carbocycles. The molecule has 0 amide bonds. The van der Waals surface area contributed by atoms with Gasteiger partial charge in [0.05, 0.1) is 5.02 Å². The molecule has 0 aliphatic carbocycles. The van der Waals surface area contributed by atoms with Crippen LogP contribution in [0.3, 0.4) is 0 Å². The van der Waals surface area contributed by atoms with Crippen molar-refractivity contribution in [3.63, 3.8) is 0 Å². The van der Waals surface area contributed by atoms with Crippen molar-refractivity contribution in [3.05, 3.63) is 381 Å². The molecule has 6 aromatic heterocycles. The standard InChI is InChI=1S/C15H14BrN5O3.C15H13Cl2N5O3.C15H14ClN5O3.C15H13F2N5O3.C15H14FN5O3.C15H15N5O3/c16-12-2-4-13(5-3-12)24-14-6-1-11(9-18-14)10-20-8-7-17-15(20)19-21(22)23;16-11-2-3-13(12(17)7-11)25-14-4-1-10(8-19-14)9-21-6-5-18-15(21)20-22(23)24;16-12-2-4-13(5-3-12)24-14-6-1-11(9-18-14)10-20-8-7-17-15(20)19-21(22)23;16-11-2-1-3-12(14(11)17)25-13-5-4-10(8-19-13)9-21-7-6-18-15(21)20-22(23)24;16-12-2-4-13(5-3-12)24-14-6-1-11(9-18-14)10-20-8-7-17-15(20)19-21(22)23;21-20(22)18-15-16-8-9-19(15)11-12-6-7-14(17-10-12)23-13-4-2-1-3-5-13/h1-6,9H,7-8,10H2,(H,17,19);1-4,7-8H,5-6,9H2,(H,18,20);1-6,9H,7-8,10H2,(H,17,19);1-5,8H,6-7,9H2,(H,18,20);1-6,9H,7-8,10H2,(H,17,19);1-7,10H,8-9,11H2,(H,16,18). The fourth-order valence-electron chi connectivity index (χ4n) is 13.6. The van der Waals surface area contributed by atoms with Gasteiger partial charge in [-0.25, -0.2) is 99.4 Å². The highest BCUT2D eigenvalue weighted by Crippen LogP contribution is 2.33. The van der Waals surface area contributed by atoms with Gasteiger partial charge in [-0.3, -0.25) is 0 Å². The van der Waals surface area contributed by atoms with Crippen LogP contribution in [0.15, 0.2) is 285 Å². The van der Waals surface area contributed by atoms with Crippen molar-refractivity contribution in [2.45, 2.75) is 39.3 Å². The number of hydrogen-bond donors (Lipinski definition) is 6. The van der Waals surface area contributed by atoms with Crippen LogP contribution in [0.1, 0.15) is 33.4 Å². The Labute approximate surface area is 843 Å². The number of aromatic nitrogens is 6. The number of hydrogen-bond acceptors (Lipinski definition) is 24. The molecular formula is C90H83BrCl3F3N30O18. The Morgan fingerprint density at radius 3 is 0.841 bits per heavy atom. The highest BCUT2D eigenvalue weighted by molar-refractivity contribution is 9.10. The van der Waals surface area contributed by atoms with Crippen LogP contribution < -0.4 is 60.3 Å². The second-order valence-electron chi connectivity index (χ2n) is 30.5. The zero-order valence-corrected chi connectivity index (χ0v) is 79.5. The van der Waals surface area contributed by atoms with Gasteiger partial charge in [0.15, 0.2) is 41.8 Å². The molecule has 6 aromatic carbocycles. The summed E-state index contributed by atoms with van der Waals surface area (Å²) < 4.78 is 73.8. The highest BCUT2D eigenvalue weighted by Gasteiger charge is 2.29. The van der Waals surface area contributed by atoms with Gasteiger partial charge in [-0.15, -0.1) is 0 Å². The molecule has 6 aliphatic heterocycles. The summed E-state index contributed by atoms with van der Waals surface area (Å²) in [5.74, 6) is 4.11. The molecule has 6 saturated heterocycles. The van der Waals surface area contributed by atoms with Crippen molar-refractivity contribution in [1.82, 2.24) is 91.2 Å². The van der Waals surface area contributed by atoms with Gasteiger partial charge in [-0.05, 0) is 149 Å². The van der Waals surface area contributed by atoms with E-state index in [0.717, 1.165) is 49.7 Å². The quantitative estimate of drug-likeness (QED) is 0.0180. The minimum Gasteiger partial charge on any atom is -0.439 e. The van der Waals surface area contributed by atoms with Crippen molar-refractivity contribution < 1.29 is 71.8 Å². The van der Waals surface area contributed by atoms with E-state index in [4.69, 9.17) is 63.2 Å². The van der Waals surface area contributed by atoms with Crippen LogP contribution in [0.25, 0.3) is 0 Å². The first-order valence-corrected chi connectivity index (χ1v) is 45.3. The number of nitro groups is 6. The average Bonchev–Trinajstić information content (AvgIpc) is 1.84. The summed E-state index contributed by atoms with van der Waals surface area (Å²) in [7, 11) is 0. The van der Waals surface area contributed by atoms with Gasteiger partial charge in [0.1, 0.15) is 65.2 Å². The number of para-hydroxylation sites is 1. The monoisotopic (exact) mass is 2110 g/mol. The Morgan fingerprint density at radius 2 is 0.566 bits per heavy atom. The Balaban J connectivity index is 0.000000146. The molecule has 12 aromatic rings. The molecule has 0 unspecified atom stereocenters. The van der Waals surface area contributed by atoms with Crippen LogP contribution in [-0.2, 0) is 39.3 Å². The van der Waals surface area contributed by atoms with Crippen LogP contribution in [0, 0.1) is 78.1 Å². The fraction of sp³-hybridized carbons (Fsp3) is 0.200.